The minimum Gasteiger partial charge on any atom is -0.504 e. The number of fused-ring (bicyclic) bond motifs is 3. The summed E-state index contributed by atoms with van der Waals surface area (Å²) in [6.45, 7) is -0.872. The number of carbonyl (C=O) groups excluding carboxylic acids is 2. The molecule has 0 bridgehead atoms. The number of cyclic esters (lactones) is 2. The summed E-state index contributed by atoms with van der Waals surface area (Å²) in [5, 5.41) is 54.2. The molecule has 4 aromatic rings. The van der Waals surface area contributed by atoms with Crippen molar-refractivity contribution in [3.63, 3.8) is 0 Å². The SMILES string of the molecule is O=C1OCCCOC(=O)c2cc(O)c(OCc3ccccc3CO)c(O)c2-c2c1cc(O)c(OCc1ccccc1)c2O. The van der Waals surface area contributed by atoms with Gasteiger partial charge in [-0.3, -0.25) is 0 Å². The van der Waals surface area contributed by atoms with Gasteiger partial charge in [-0.05, 0) is 28.8 Å². The molecule has 5 N–H and O–H groups in total. The highest BCUT2D eigenvalue weighted by molar-refractivity contribution is 6.08. The Labute approximate surface area is 245 Å². The molecule has 0 atom stereocenters. The van der Waals surface area contributed by atoms with Gasteiger partial charge in [-0.1, -0.05) is 54.6 Å². The fourth-order valence-corrected chi connectivity index (χ4v) is 4.66. The largest absolute Gasteiger partial charge is 0.504 e. The van der Waals surface area contributed by atoms with Crippen LogP contribution in [0.5, 0.6) is 34.5 Å². The van der Waals surface area contributed by atoms with Crippen LogP contribution in [-0.2, 0) is 29.3 Å². The van der Waals surface area contributed by atoms with Gasteiger partial charge in [0, 0.05) is 17.5 Å². The first-order chi connectivity index (χ1) is 20.8. The van der Waals surface area contributed by atoms with Crippen molar-refractivity contribution >= 4 is 11.9 Å². The highest BCUT2D eigenvalue weighted by Gasteiger charge is 2.33. The summed E-state index contributed by atoms with van der Waals surface area (Å²) < 4.78 is 22.0. The Morgan fingerprint density at radius 2 is 1.14 bits per heavy atom. The predicted molar refractivity (Wildman–Crippen MR) is 151 cm³/mol. The Hall–Kier alpha value is -5.42. The maximum Gasteiger partial charge on any atom is 0.339 e. The molecule has 0 unspecified atom stereocenters. The molecule has 0 saturated heterocycles. The van der Waals surface area contributed by atoms with Crippen LogP contribution in [0.2, 0.25) is 0 Å². The second-order valence-electron chi connectivity index (χ2n) is 9.61. The Morgan fingerprint density at radius 1 is 0.651 bits per heavy atom. The third kappa shape index (κ3) is 5.97. The molecule has 0 spiro atoms. The molecular weight excluding hydrogens is 560 g/mol. The van der Waals surface area contributed by atoms with Gasteiger partial charge >= 0.3 is 11.9 Å². The van der Waals surface area contributed by atoms with E-state index in [0.717, 1.165) is 12.1 Å². The van der Waals surface area contributed by atoms with Crippen molar-refractivity contribution in [1.29, 1.82) is 0 Å². The molecule has 222 valence electrons. The van der Waals surface area contributed by atoms with E-state index in [1.54, 1.807) is 54.6 Å². The van der Waals surface area contributed by atoms with Crippen LogP contribution in [0.25, 0.3) is 11.1 Å². The molecule has 0 saturated carbocycles. The van der Waals surface area contributed by atoms with Crippen LogP contribution in [0.1, 0.15) is 43.8 Å². The van der Waals surface area contributed by atoms with Gasteiger partial charge in [0.2, 0.25) is 11.5 Å². The molecule has 0 aliphatic carbocycles. The fourth-order valence-electron chi connectivity index (χ4n) is 4.66. The first kappa shape index (κ1) is 29.1. The molecule has 0 amide bonds. The number of hydrogen-bond acceptors (Lipinski definition) is 11. The lowest BCUT2D eigenvalue weighted by Crippen LogP contribution is -2.10. The van der Waals surface area contributed by atoms with Gasteiger partial charge in [-0.25, -0.2) is 9.59 Å². The standard InChI is InChI=1S/C32H28O11/c33-15-19-9-4-5-10-20(19)17-43-30-24(35)14-22-26(28(30)37)25-21(31(38)40-11-6-12-41-32(22)39)13-23(34)29(27(25)36)42-16-18-7-2-1-3-8-18/h1-5,7-10,13-14,33-37H,6,11-12,15-17H2. The Kier molecular flexibility index (Phi) is 8.54. The number of benzene rings is 4. The summed E-state index contributed by atoms with van der Waals surface area (Å²) >= 11 is 0. The Morgan fingerprint density at radius 3 is 1.67 bits per heavy atom. The van der Waals surface area contributed by atoms with Gasteiger partial charge in [-0.15, -0.1) is 0 Å². The first-order valence-corrected chi connectivity index (χ1v) is 13.3. The van der Waals surface area contributed by atoms with Crippen molar-refractivity contribution < 1.29 is 54.1 Å². The number of phenols is 4. The third-order valence-electron chi connectivity index (χ3n) is 6.80. The Bertz CT molecular complexity index is 1660. The van der Waals surface area contributed by atoms with E-state index in [4.69, 9.17) is 18.9 Å². The number of carbonyl (C=O) groups is 2. The zero-order chi connectivity index (χ0) is 30.5. The van der Waals surface area contributed by atoms with E-state index in [0.29, 0.717) is 16.7 Å². The molecule has 1 heterocycles. The number of aromatic hydroxyl groups is 4. The number of ether oxygens (including phenoxy) is 4. The van der Waals surface area contributed by atoms with Crippen LogP contribution in [0.4, 0.5) is 0 Å². The fraction of sp³-hybridized carbons (Fsp3) is 0.188. The molecule has 5 rings (SSSR count). The van der Waals surface area contributed by atoms with Gasteiger partial charge < -0.3 is 44.5 Å². The van der Waals surface area contributed by atoms with Crippen LogP contribution >= 0.6 is 0 Å². The highest BCUT2D eigenvalue weighted by Crippen LogP contribution is 2.53. The minimum atomic E-state index is -0.975. The van der Waals surface area contributed by atoms with E-state index in [1.807, 2.05) is 0 Å². The number of rotatable bonds is 7. The average molecular weight is 589 g/mol. The molecule has 4 aromatic carbocycles. The smallest absolute Gasteiger partial charge is 0.339 e. The van der Waals surface area contributed by atoms with Gasteiger partial charge in [-0.2, -0.15) is 0 Å². The quantitative estimate of drug-likeness (QED) is 0.192. The summed E-state index contributed by atoms with van der Waals surface area (Å²) in [5.74, 6) is -5.68. The van der Waals surface area contributed by atoms with Crippen molar-refractivity contribution in [1.82, 2.24) is 0 Å². The molecule has 0 aromatic heterocycles. The third-order valence-corrected chi connectivity index (χ3v) is 6.80. The van der Waals surface area contributed by atoms with Gasteiger partial charge in [0.25, 0.3) is 0 Å². The highest BCUT2D eigenvalue weighted by atomic mass is 16.5. The lowest BCUT2D eigenvalue weighted by Gasteiger charge is -2.21. The van der Waals surface area contributed by atoms with Crippen molar-refractivity contribution in [2.24, 2.45) is 0 Å². The van der Waals surface area contributed by atoms with E-state index in [9.17, 15) is 35.1 Å². The second-order valence-corrected chi connectivity index (χ2v) is 9.61. The second kappa shape index (κ2) is 12.6. The maximum absolute atomic E-state index is 13.2. The molecule has 0 fully saturated rings. The van der Waals surface area contributed by atoms with E-state index in [2.05, 4.69) is 0 Å². The normalized spacial score (nSPS) is 13.1. The molecule has 0 radical (unpaired) electrons. The minimum absolute atomic E-state index is 0.0831. The lowest BCUT2D eigenvalue weighted by atomic mass is 9.91. The lowest BCUT2D eigenvalue weighted by molar-refractivity contribution is 0.0398. The van der Waals surface area contributed by atoms with Crippen LogP contribution < -0.4 is 9.47 Å². The number of aliphatic hydroxyl groups is 1. The van der Waals surface area contributed by atoms with Gasteiger partial charge in [0.15, 0.2) is 23.0 Å². The zero-order valence-corrected chi connectivity index (χ0v) is 22.8. The van der Waals surface area contributed by atoms with Crippen molar-refractivity contribution in [3.8, 4) is 45.6 Å². The van der Waals surface area contributed by atoms with Gasteiger partial charge in [0.1, 0.15) is 13.2 Å². The molecule has 1 aliphatic heterocycles. The molecule has 11 heteroatoms. The van der Waals surface area contributed by atoms with Crippen LogP contribution in [0, 0.1) is 0 Å². The topological polar surface area (TPSA) is 172 Å². The number of phenolic OH excluding ortho intramolecular Hbond substituents is 4. The van der Waals surface area contributed by atoms with Crippen LogP contribution in [-0.4, -0.2) is 50.7 Å². The molecular formula is C32H28O11. The first-order valence-electron chi connectivity index (χ1n) is 13.3. The summed E-state index contributed by atoms with van der Waals surface area (Å²) in [7, 11) is 0. The van der Waals surface area contributed by atoms with Gasteiger partial charge in [0.05, 0.1) is 30.9 Å². The van der Waals surface area contributed by atoms with E-state index < -0.39 is 68.7 Å². The van der Waals surface area contributed by atoms with Crippen molar-refractivity contribution in [2.45, 2.75) is 26.2 Å². The molecule has 1 aliphatic rings. The average Bonchev–Trinajstić information content (AvgIpc) is 3.02. The monoisotopic (exact) mass is 588 g/mol. The summed E-state index contributed by atoms with van der Waals surface area (Å²) in [6.07, 6.45) is 0.141. The summed E-state index contributed by atoms with van der Waals surface area (Å²) in [6, 6.07) is 17.6. The van der Waals surface area contributed by atoms with Crippen molar-refractivity contribution in [2.75, 3.05) is 13.2 Å². The molecule has 11 nitrogen and oxygen atoms in total. The maximum atomic E-state index is 13.2. The van der Waals surface area contributed by atoms with E-state index in [1.165, 1.54) is 0 Å². The van der Waals surface area contributed by atoms with Crippen LogP contribution in [0.3, 0.4) is 0 Å². The number of aliphatic hydroxyl groups excluding tert-OH is 1. The van der Waals surface area contributed by atoms with E-state index >= 15 is 0 Å². The number of esters is 2. The number of hydrogen-bond donors (Lipinski definition) is 5. The zero-order valence-electron chi connectivity index (χ0n) is 22.8. The van der Waals surface area contributed by atoms with E-state index in [-0.39, 0.29) is 39.5 Å². The molecule has 43 heavy (non-hydrogen) atoms. The predicted octanol–water partition coefficient (Wildman–Crippen LogP) is 4.54. The summed E-state index contributed by atoms with van der Waals surface area (Å²) in [5.41, 5.74) is 0.157. The Balaban J connectivity index is 1.69. The van der Waals surface area contributed by atoms with Crippen LogP contribution in [0.15, 0.2) is 66.7 Å². The summed E-state index contributed by atoms with van der Waals surface area (Å²) in [4.78, 5) is 26.3. The van der Waals surface area contributed by atoms with Crippen molar-refractivity contribution in [3.05, 3.63) is 94.5 Å².